The third-order valence-electron chi connectivity index (χ3n) is 11.0. The minimum atomic E-state index is -1.48. The van der Waals surface area contributed by atoms with E-state index in [-0.39, 0.29) is 31.8 Å². The molecule has 12 nitrogen and oxygen atoms in total. The highest BCUT2D eigenvalue weighted by molar-refractivity contribution is 5.83. The number of esters is 4. The molecule has 0 aromatic heterocycles. The van der Waals surface area contributed by atoms with Crippen molar-refractivity contribution < 1.29 is 52.4 Å². The Morgan fingerprint density at radius 3 is 1.34 bits per heavy atom. The SMILES string of the molecule is CCCCCCCC(CCC)COC(=O)CCCCCCCOC(=O)CC(OC(=O)OCCN(C)C)C(=O)OCCCCCCCC(=O)OCC(CCC)CCCCCCC. The lowest BCUT2D eigenvalue weighted by atomic mass is 9.97. The summed E-state index contributed by atoms with van der Waals surface area (Å²) in [5.41, 5.74) is 0. The lowest BCUT2D eigenvalue weighted by Crippen LogP contribution is -2.33. The monoisotopic (exact) mass is 870 g/mol. The number of likely N-dealkylation sites (N-methyl/N-ethyl adjacent to an activating group) is 1. The van der Waals surface area contributed by atoms with Crippen molar-refractivity contribution in [1.82, 2.24) is 4.90 Å². The second-order valence-electron chi connectivity index (χ2n) is 17.2. The van der Waals surface area contributed by atoms with Gasteiger partial charge in [0.15, 0.2) is 0 Å². The molecule has 0 spiro atoms. The smallest absolute Gasteiger partial charge is 0.466 e. The number of unbranched alkanes of at least 4 members (excludes halogenated alkanes) is 16. The highest BCUT2D eigenvalue weighted by Crippen LogP contribution is 2.19. The summed E-state index contributed by atoms with van der Waals surface area (Å²) in [4.78, 5) is 64.4. The van der Waals surface area contributed by atoms with Crippen molar-refractivity contribution in [2.45, 2.75) is 220 Å². The van der Waals surface area contributed by atoms with Gasteiger partial charge in [0, 0.05) is 19.4 Å². The number of ether oxygens (including phenoxy) is 6. The van der Waals surface area contributed by atoms with Gasteiger partial charge in [0.05, 0.1) is 32.8 Å². The van der Waals surface area contributed by atoms with Crippen molar-refractivity contribution in [3.05, 3.63) is 0 Å². The highest BCUT2D eigenvalue weighted by Gasteiger charge is 2.29. The summed E-state index contributed by atoms with van der Waals surface area (Å²) >= 11 is 0. The van der Waals surface area contributed by atoms with Crippen molar-refractivity contribution in [3.63, 3.8) is 0 Å². The minimum Gasteiger partial charge on any atom is -0.466 e. The molecule has 0 heterocycles. The molecule has 0 N–H and O–H groups in total. The average Bonchev–Trinajstić information content (AvgIpc) is 3.23. The molecule has 0 radical (unpaired) electrons. The second-order valence-corrected chi connectivity index (χ2v) is 17.2. The Bertz CT molecular complexity index is 1080. The summed E-state index contributed by atoms with van der Waals surface area (Å²) in [6.45, 7) is 10.6. The van der Waals surface area contributed by atoms with Gasteiger partial charge in [-0.25, -0.2) is 9.59 Å². The fourth-order valence-corrected chi connectivity index (χ4v) is 7.18. The summed E-state index contributed by atoms with van der Waals surface area (Å²) in [5.74, 6) is -0.859. The van der Waals surface area contributed by atoms with Crippen LogP contribution in [0.15, 0.2) is 0 Å². The van der Waals surface area contributed by atoms with E-state index in [2.05, 4.69) is 27.7 Å². The molecule has 0 aliphatic rings. The molecule has 3 atom stereocenters. The van der Waals surface area contributed by atoms with Crippen molar-refractivity contribution in [3.8, 4) is 0 Å². The van der Waals surface area contributed by atoms with Crippen molar-refractivity contribution in [2.24, 2.45) is 11.8 Å². The third-order valence-corrected chi connectivity index (χ3v) is 11.0. The molecule has 358 valence electrons. The zero-order valence-corrected chi connectivity index (χ0v) is 39.9. The molecule has 3 unspecified atom stereocenters. The quantitative estimate of drug-likeness (QED) is 0.0327. The van der Waals surface area contributed by atoms with Gasteiger partial charge in [0.2, 0.25) is 6.10 Å². The van der Waals surface area contributed by atoms with Gasteiger partial charge in [0.1, 0.15) is 6.61 Å². The van der Waals surface area contributed by atoms with Crippen LogP contribution in [-0.4, -0.2) is 94.7 Å². The summed E-state index contributed by atoms with van der Waals surface area (Å²) in [6.07, 6.45) is 24.8. The number of carbonyl (C=O) groups is 5. The van der Waals surface area contributed by atoms with Crippen LogP contribution in [0.3, 0.4) is 0 Å². The molecule has 0 amide bonds. The standard InChI is InChI=1S/C49H91NO11/c1-7-11-13-17-23-31-42(29-9-3)40-59-45(51)33-25-19-15-21-27-36-56-47(53)39-44(61-49(55)58-38-35-50(5)6)48(54)57-37-28-22-16-20-26-34-46(52)60-41-43(30-10-4)32-24-18-14-12-8-2/h42-44H,7-41H2,1-6H3. The van der Waals surface area contributed by atoms with Crippen LogP contribution in [0.2, 0.25) is 0 Å². The van der Waals surface area contributed by atoms with Crippen molar-refractivity contribution in [2.75, 3.05) is 53.7 Å². The minimum absolute atomic E-state index is 0.0637. The normalized spacial score (nSPS) is 12.7. The number of carbonyl (C=O) groups excluding carboxylic acids is 5. The van der Waals surface area contributed by atoms with Gasteiger partial charge in [-0.05, 0) is 77.3 Å². The average molecular weight is 870 g/mol. The van der Waals surface area contributed by atoms with Crippen LogP contribution in [0.4, 0.5) is 4.79 Å². The zero-order valence-electron chi connectivity index (χ0n) is 39.9. The van der Waals surface area contributed by atoms with Gasteiger partial charge in [-0.2, -0.15) is 0 Å². The van der Waals surface area contributed by atoms with E-state index in [4.69, 9.17) is 28.4 Å². The summed E-state index contributed by atoms with van der Waals surface area (Å²) in [5, 5.41) is 0. The molecule has 0 bridgehead atoms. The van der Waals surface area contributed by atoms with Crippen LogP contribution < -0.4 is 0 Å². The van der Waals surface area contributed by atoms with Crippen molar-refractivity contribution in [1.29, 1.82) is 0 Å². The zero-order chi connectivity index (χ0) is 45.2. The van der Waals surface area contributed by atoms with E-state index in [1.807, 2.05) is 19.0 Å². The largest absolute Gasteiger partial charge is 0.509 e. The molecule has 0 aliphatic carbocycles. The third kappa shape index (κ3) is 38.5. The summed E-state index contributed by atoms with van der Waals surface area (Å²) in [6, 6.07) is 0. The first-order valence-electron chi connectivity index (χ1n) is 24.7. The topological polar surface area (TPSA) is 144 Å². The molecule has 0 saturated heterocycles. The van der Waals surface area contributed by atoms with Crippen LogP contribution in [0.1, 0.15) is 214 Å². The fraction of sp³-hybridized carbons (Fsp3) is 0.898. The molecule has 12 heteroatoms. The van der Waals surface area contributed by atoms with Crippen LogP contribution in [0.5, 0.6) is 0 Å². The highest BCUT2D eigenvalue weighted by atomic mass is 16.7. The number of hydrogen-bond acceptors (Lipinski definition) is 12. The predicted molar refractivity (Wildman–Crippen MR) is 242 cm³/mol. The van der Waals surface area contributed by atoms with Crippen LogP contribution >= 0.6 is 0 Å². The Morgan fingerprint density at radius 1 is 0.426 bits per heavy atom. The molecule has 0 saturated carbocycles. The van der Waals surface area contributed by atoms with Gasteiger partial charge in [0.25, 0.3) is 0 Å². The van der Waals surface area contributed by atoms with E-state index >= 15 is 0 Å². The van der Waals surface area contributed by atoms with Gasteiger partial charge in [-0.3, -0.25) is 14.4 Å². The molecule has 0 aromatic rings. The van der Waals surface area contributed by atoms with Crippen LogP contribution in [0, 0.1) is 11.8 Å². The number of nitrogens with zero attached hydrogens (tertiary/aromatic N) is 1. The molecular weight excluding hydrogens is 779 g/mol. The fourth-order valence-electron chi connectivity index (χ4n) is 7.18. The Labute approximate surface area is 372 Å². The molecule has 0 fully saturated rings. The van der Waals surface area contributed by atoms with Gasteiger partial charge in [-0.1, -0.05) is 143 Å². The molecular formula is C49H91NO11. The molecule has 0 aromatic carbocycles. The lowest BCUT2D eigenvalue weighted by molar-refractivity contribution is -0.161. The Balaban J connectivity index is 4.42. The van der Waals surface area contributed by atoms with Gasteiger partial charge >= 0.3 is 30.0 Å². The second kappa shape index (κ2) is 42.4. The first-order valence-corrected chi connectivity index (χ1v) is 24.7. The molecule has 0 rings (SSSR count). The maximum absolute atomic E-state index is 12.9. The maximum atomic E-state index is 12.9. The van der Waals surface area contributed by atoms with Crippen LogP contribution in [-0.2, 0) is 47.6 Å². The first-order chi connectivity index (χ1) is 29.6. The lowest BCUT2D eigenvalue weighted by Gasteiger charge is -2.17. The van der Waals surface area contributed by atoms with E-state index in [0.717, 1.165) is 89.9 Å². The predicted octanol–water partition coefficient (Wildman–Crippen LogP) is 11.9. The van der Waals surface area contributed by atoms with E-state index in [1.54, 1.807) is 0 Å². The van der Waals surface area contributed by atoms with E-state index in [1.165, 1.54) is 64.2 Å². The number of hydrogen-bond donors (Lipinski definition) is 0. The van der Waals surface area contributed by atoms with Gasteiger partial charge in [-0.15, -0.1) is 0 Å². The Kier molecular flexibility index (Phi) is 40.4. The van der Waals surface area contributed by atoms with E-state index in [0.29, 0.717) is 57.3 Å². The first kappa shape index (κ1) is 58.1. The maximum Gasteiger partial charge on any atom is 0.509 e. The van der Waals surface area contributed by atoms with Crippen LogP contribution in [0.25, 0.3) is 0 Å². The van der Waals surface area contributed by atoms with E-state index in [9.17, 15) is 24.0 Å². The Hall–Kier alpha value is -2.89. The summed E-state index contributed by atoms with van der Waals surface area (Å²) < 4.78 is 32.2. The summed E-state index contributed by atoms with van der Waals surface area (Å²) in [7, 11) is 3.66. The van der Waals surface area contributed by atoms with Gasteiger partial charge < -0.3 is 33.3 Å². The number of rotatable bonds is 43. The van der Waals surface area contributed by atoms with Crippen molar-refractivity contribution >= 4 is 30.0 Å². The molecule has 0 aliphatic heterocycles. The van der Waals surface area contributed by atoms with E-state index < -0.39 is 30.6 Å². The Morgan fingerprint density at radius 2 is 0.869 bits per heavy atom. The molecule has 61 heavy (non-hydrogen) atoms.